The van der Waals surface area contributed by atoms with Crippen molar-refractivity contribution in [2.45, 2.75) is 38.6 Å². The summed E-state index contributed by atoms with van der Waals surface area (Å²) in [5.74, 6) is -0.278. The number of methoxy groups -OCH3 is 1. The van der Waals surface area contributed by atoms with Crippen molar-refractivity contribution < 1.29 is 9.53 Å². The smallest absolute Gasteiger partial charge is 0.341 e. The van der Waals surface area contributed by atoms with E-state index in [1.165, 1.54) is 17.6 Å². The largest absolute Gasteiger partial charge is 0.465 e. The molecule has 0 bridgehead atoms. The molecule has 4 rings (SSSR count). The summed E-state index contributed by atoms with van der Waals surface area (Å²) in [5, 5.41) is 4.80. The van der Waals surface area contributed by atoms with Crippen LogP contribution in [0.4, 0.5) is 10.7 Å². The van der Waals surface area contributed by atoms with Crippen molar-refractivity contribution >= 4 is 45.3 Å². The van der Waals surface area contributed by atoms with Crippen LogP contribution in [0.25, 0.3) is 0 Å². The molecule has 25 heavy (non-hydrogen) atoms. The number of thiocarbonyl (C=S) groups is 1. The van der Waals surface area contributed by atoms with Gasteiger partial charge in [-0.1, -0.05) is 18.2 Å². The number of ether oxygens (including phenoxy) is 1. The summed E-state index contributed by atoms with van der Waals surface area (Å²) in [6.07, 6.45) is 4.05. The monoisotopic (exact) mass is 372 g/mol. The Morgan fingerprint density at radius 1 is 1.36 bits per heavy atom. The van der Waals surface area contributed by atoms with Crippen LogP contribution in [0, 0.1) is 0 Å². The number of benzene rings is 1. The molecule has 0 saturated carbocycles. The van der Waals surface area contributed by atoms with Crippen LogP contribution in [0.15, 0.2) is 24.3 Å². The van der Waals surface area contributed by atoms with Crippen molar-refractivity contribution in [1.82, 2.24) is 0 Å². The normalized spacial score (nSPS) is 18.0. The first kappa shape index (κ1) is 16.5. The summed E-state index contributed by atoms with van der Waals surface area (Å²) < 4.78 is 5.02. The number of carbonyl (C=O) groups is 1. The number of thiophene rings is 1. The van der Waals surface area contributed by atoms with Crippen LogP contribution in [-0.4, -0.2) is 24.2 Å². The van der Waals surface area contributed by atoms with Gasteiger partial charge in [0.25, 0.3) is 0 Å². The van der Waals surface area contributed by atoms with E-state index >= 15 is 0 Å². The average molecular weight is 373 g/mol. The Morgan fingerprint density at radius 3 is 2.96 bits per heavy atom. The molecule has 1 atom stereocenters. The maximum Gasteiger partial charge on any atom is 0.341 e. The molecule has 1 aliphatic heterocycles. The lowest BCUT2D eigenvalue weighted by atomic mass is 10.1. The predicted molar refractivity (Wildman–Crippen MR) is 106 cm³/mol. The van der Waals surface area contributed by atoms with Gasteiger partial charge < -0.3 is 15.0 Å². The fourth-order valence-corrected chi connectivity index (χ4v) is 5.56. The van der Waals surface area contributed by atoms with Gasteiger partial charge in [-0.3, -0.25) is 0 Å². The van der Waals surface area contributed by atoms with E-state index in [9.17, 15) is 4.79 Å². The summed E-state index contributed by atoms with van der Waals surface area (Å²) in [5.41, 5.74) is 4.26. The molecular formula is C19H20N2O2S2. The van der Waals surface area contributed by atoms with E-state index < -0.39 is 0 Å². The van der Waals surface area contributed by atoms with Crippen molar-refractivity contribution in [3.63, 3.8) is 0 Å². The van der Waals surface area contributed by atoms with Crippen LogP contribution in [-0.2, 0) is 24.0 Å². The highest BCUT2D eigenvalue weighted by Crippen LogP contribution is 2.40. The fourth-order valence-electron chi connectivity index (χ4n) is 3.84. The number of aryl methyl sites for hydroxylation is 1. The lowest BCUT2D eigenvalue weighted by Crippen LogP contribution is -2.38. The van der Waals surface area contributed by atoms with Crippen molar-refractivity contribution in [1.29, 1.82) is 0 Å². The van der Waals surface area contributed by atoms with Crippen LogP contribution in [0.3, 0.4) is 0 Å². The number of rotatable bonds is 2. The summed E-state index contributed by atoms with van der Waals surface area (Å²) >= 11 is 7.34. The molecule has 1 aromatic heterocycles. The van der Waals surface area contributed by atoms with Crippen LogP contribution < -0.4 is 10.2 Å². The second-order valence-corrected chi connectivity index (χ2v) is 8.03. The Hall–Kier alpha value is -1.92. The molecule has 2 heterocycles. The molecule has 0 saturated heterocycles. The Bertz CT molecular complexity index is 859. The quantitative estimate of drug-likeness (QED) is 0.633. The molecule has 1 unspecified atom stereocenters. The van der Waals surface area contributed by atoms with E-state index in [0.717, 1.165) is 41.9 Å². The van der Waals surface area contributed by atoms with Gasteiger partial charge in [-0.25, -0.2) is 4.79 Å². The van der Waals surface area contributed by atoms with Gasteiger partial charge in [-0.15, -0.1) is 11.3 Å². The Balaban J connectivity index is 1.65. The van der Waals surface area contributed by atoms with Crippen LogP contribution in [0.2, 0.25) is 0 Å². The summed E-state index contributed by atoms with van der Waals surface area (Å²) in [6, 6.07) is 8.64. The highest BCUT2D eigenvalue weighted by molar-refractivity contribution is 7.80. The minimum Gasteiger partial charge on any atom is -0.465 e. The van der Waals surface area contributed by atoms with E-state index in [-0.39, 0.29) is 5.97 Å². The number of hydrogen-bond donors (Lipinski definition) is 1. The van der Waals surface area contributed by atoms with E-state index in [1.54, 1.807) is 11.3 Å². The molecule has 0 spiro atoms. The summed E-state index contributed by atoms with van der Waals surface area (Å²) in [7, 11) is 1.43. The highest BCUT2D eigenvalue weighted by Gasteiger charge is 2.31. The Morgan fingerprint density at radius 2 is 2.16 bits per heavy atom. The zero-order chi connectivity index (χ0) is 17.6. The van der Waals surface area contributed by atoms with Crippen molar-refractivity contribution in [3.8, 4) is 0 Å². The van der Waals surface area contributed by atoms with E-state index in [0.29, 0.717) is 16.7 Å². The number of hydrogen-bond acceptors (Lipinski definition) is 4. The van der Waals surface area contributed by atoms with Crippen molar-refractivity contribution in [2.24, 2.45) is 0 Å². The minimum atomic E-state index is -0.278. The zero-order valence-corrected chi connectivity index (χ0v) is 15.9. The minimum absolute atomic E-state index is 0.278. The summed E-state index contributed by atoms with van der Waals surface area (Å²) in [4.78, 5) is 15.7. The Labute approximate surface area is 156 Å². The standard InChI is InChI=1S/C19H20N2O2S2/c1-11-10-12-6-3-4-8-14(12)21(11)19(24)20-17-16(18(22)23-2)13-7-5-9-15(13)25-17/h3-4,6,8,11H,5,7,9-10H2,1-2H3,(H,20,24). The Kier molecular flexibility index (Phi) is 4.25. The molecule has 2 aliphatic rings. The topological polar surface area (TPSA) is 41.6 Å². The number of fused-ring (bicyclic) bond motifs is 2. The second kappa shape index (κ2) is 6.42. The third-order valence-corrected chi connectivity index (χ3v) is 6.46. The van der Waals surface area contributed by atoms with Gasteiger partial charge in [0.1, 0.15) is 5.00 Å². The molecule has 2 aromatic rings. The van der Waals surface area contributed by atoms with Gasteiger partial charge in [0, 0.05) is 16.6 Å². The van der Waals surface area contributed by atoms with E-state index in [1.807, 2.05) is 6.07 Å². The SMILES string of the molecule is COC(=O)c1c(NC(=S)N2c3ccccc3CC2C)sc2c1CCC2. The molecule has 1 aliphatic carbocycles. The zero-order valence-electron chi connectivity index (χ0n) is 14.3. The van der Waals surface area contributed by atoms with E-state index in [4.69, 9.17) is 17.0 Å². The van der Waals surface area contributed by atoms with Crippen LogP contribution in [0.1, 0.15) is 39.7 Å². The van der Waals surface area contributed by atoms with E-state index in [2.05, 4.69) is 35.3 Å². The molecular weight excluding hydrogens is 352 g/mol. The third-order valence-electron chi connectivity index (χ3n) is 4.96. The number of para-hydroxylation sites is 1. The van der Waals surface area contributed by atoms with Crippen molar-refractivity contribution in [2.75, 3.05) is 17.3 Å². The fraction of sp³-hybridized carbons (Fsp3) is 0.368. The molecule has 6 heteroatoms. The molecule has 1 aromatic carbocycles. The van der Waals surface area contributed by atoms with Crippen molar-refractivity contribution in [3.05, 3.63) is 45.8 Å². The molecule has 0 radical (unpaired) electrons. The van der Waals surface area contributed by atoms with Gasteiger partial charge >= 0.3 is 5.97 Å². The third kappa shape index (κ3) is 2.73. The number of carbonyl (C=O) groups excluding carboxylic acids is 1. The average Bonchev–Trinajstić information content (AvgIpc) is 3.25. The van der Waals surface area contributed by atoms with Gasteiger partial charge in [0.05, 0.1) is 12.7 Å². The lowest BCUT2D eigenvalue weighted by molar-refractivity contribution is 0.0601. The van der Waals surface area contributed by atoms with Gasteiger partial charge in [0.15, 0.2) is 5.11 Å². The predicted octanol–water partition coefficient (Wildman–Crippen LogP) is 4.17. The number of nitrogens with one attached hydrogen (secondary N) is 1. The molecule has 4 nitrogen and oxygen atoms in total. The van der Waals surface area contributed by atoms with Gasteiger partial charge in [-0.05, 0) is 62.0 Å². The first-order chi connectivity index (χ1) is 12.1. The molecule has 0 amide bonds. The maximum atomic E-state index is 12.3. The number of esters is 1. The highest BCUT2D eigenvalue weighted by atomic mass is 32.1. The second-order valence-electron chi connectivity index (χ2n) is 6.54. The molecule has 0 fully saturated rings. The lowest BCUT2D eigenvalue weighted by Gasteiger charge is -2.26. The van der Waals surface area contributed by atoms with Gasteiger partial charge in [0.2, 0.25) is 0 Å². The number of nitrogens with zero attached hydrogens (tertiary/aromatic N) is 1. The molecule has 130 valence electrons. The molecule has 1 N–H and O–H groups in total. The summed E-state index contributed by atoms with van der Waals surface area (Å²) in [6.45, 7) is 2.17. The first-order valence-electron chi connectivity index (χ1n) is 8.51. The van der Waals surface area contributed by atoms with Gasteiger partial charge in [-0.2, -0.15) is 0 Å². The van der Waals surface area contributed by atoms with Crippen LogP contribution in [0.5, 0.6) is 0 Å². The van der Waals surface area contributed by atoms with Crippen LogP contribution >= 0.6 is 23.6 Å². The maximum absolute atomic E-state index is 12.3. The first-order valence-corrected chi connectivity index (χ1v) is 9.73. The number of anilines is 2.